The van der Waals surface area contributed by atoms with E-state index in [-0.39, 0.29) is 6.10 Å². The van der Waals surface area contributed by atoms with Crippen LogP contribution in [-0.2, 0) is 0 Å². The van der Waals surface area contributed by atoms with E-state index in [1.165, 1.54) is 16.7 Å². The van der Waals surface area contributed by atoms with E-state index in [4.69, 9.17) is 4.74 Å². The minimum absolute atomic E-state index is 0.246. The average molecular weight is 240 g/mol. The third-order valence-corrected chi connectivity index (χ3v) is 3.23. The van der Waals surface area contributed by atoms with Crippen LogP contribution < -0.4 is 4.74 Å². The van der Waals surface area contributed by atoms with Crippen molar-refractivity contribution in [3.8, 4) is 16.9 Å². The van der Waals surface area contributed by atoms with Crippen molar-refractivity contribution in [2.75, 3.05) is 0 Å². The first-order valence-corrected chi connectivity index (χ1v) is 6.54. The third-order valence-electron chi connectivity index (χ3n) is 3.23. The van der Waals surface area contributed by atoms with Crippen molar-refractivity contribution in [3.05, 3.63) is 54.1 Å². The number of para-hydroxylation sites is 1. The van der Waals surface area contributed by atoms with Gasteiger partial charge in [0, 0.05) is 5.56 Å². The quantitative estimate of drug-likeness (QED) is 0.743. The Balaban J connectivity index is 2.42. The van der Waals surface area contributed by atoms with Gasteiger partial charge < -0.3 is 4.74 Å². The molecule has 0 spiro atoms. The molecular weight excluding hydrogens is 220 g/mol. The molecule has 94 valence electrons. The molecule has 2 aromatic carbocycles. The van der Waals surface area contributed by atoms with Crippen LogP contribution in [0.4, 0.5) is 0 Å². The van der Waals surface area contributed by atoms with Gasteiger partial charge in [0.15, 0.2) is 0 Å². The highest BCUT2D eigenvalue weighted by molar-refractivity contribution is 5.73. The van der Waals surface area contributed by atoms with E-state index >= 15 is 0 Å². The van der Waals surface area contributed by atoms with Crippen LogP contribution >= 0.6 is 0 Å². The number of aryl methyl sites for hydroxylation is 1. The fraction of sp³-hybridized carbons (Fsp3) is 0.294. The van der Waals surface area contributed by atoms with Gasteiger partial charge in [0.05, 0.1) is 6.10 Å². The normalized spacial score (nSPS) is 12.2. The molecule has 1 nitrogen and oxygen atoms in total. The number of hydrogen-bond acceptors (Lipinski definition) is 1. The molecule has 1 heteroatoms. The molecule has 0 bridgehead atoms. The second kappa shape index (κ2) is 5.72. The van der Waals surface area contributed by atoms with E-state index in [0.717, 1.165) is 12.2 Å². The van der Waals surface area contributed by atoms with Crippen LogP contribution in [0.2, 0.25) is 0 Å². The maximum absolute atomic E-state index is 6.00. The monoisotopic (exact) mass is 240 g/mol. The molecule has 2 rings (SSSR count). The van der Waals surface area contributed by atoms with Crippen molar-refractivity contribution in [1.82, 2.24) is 0 Å². The van der Waals surface area contributed by atoms with Gasteiger partial charge in [-0.3, -0.25) is 0 Å². The van der Waals surface area contributed by atoms with Crippen molar-refractivity contribution in [2.45, 2.75) is 33.3 Å². The van der Waals surface area contributed by atoms with E-state index in [9.17, 15) is 0 Å². The first-order chi connectivity index (χ1) is 8.72. The van der Waals surface area contributed by atoms with Gasteiger partial charge >= 0.3 is 0 Å². The summed E-state index contributed by atoms with van der Waals surface area (Å²) in [5, 5.41) is 0. The highest BCUT2D eigenvalue weighted by Gasteiger charge is 2.09. The molecule has 0 aliphatic rings. The lowest BCUT2D eigenvalue weighted by molar-refractivity contribution is 0.218. The summed E-state index contributed by atoms with van der Waals surface area (Å²) >= 11 is 0. The van der Waals surface area contributed by atoms with Gasteiger partial charge in [-0.15, -0.1) is 0 Å². The van der Waals surface area contributed by atoms with E-state index in [1.807, 2.05) is 12.1 Å². The van der Waals surface area contributed by atoms with E-state index in [0.29, 0.717) is 0 Å². The highest BCUT2D eigenvalue weighted by Crippen LogP contribution is 2.32. The van der Waals surface area contributed by atoms with Crippen LogP contribution in [0.25, 0.3) is 11.1 Å². The molecule has 0 saturated carbocycles. The standard InChI is InChI=1S/C17H20O/c1-4-14(3)18-17-12-8-7-11-16(17)15-10-6-5-9-13(15)2/h5-12,14H,4H2,1-3H3. The Labute approximate surface area is 109 Å². The Morgan fingerprint density at radius 2 is 1.56 bits per heavy atom. The first kappa shape index (κ1) is 12.7. The minimum Gasteiger partial charge on any atom is -0.490 e. The second-order valence-electron chi connectivity index (χ2n) is 4.65. The SMILES string of the molecule is CCC(C)Oc1ccccc1-c1ccccc1C. The molecule has 1 atom stereocenters. The lowest BCUT2D eigenvalue weighted by Gasteiger charge is -2.17. The molecule has 0 heterocycles. The molecule has 0 saturated heterocycles. The smallest absolute Gasteiger partial charge is 0.127 e. The van der Waals surface area contributed by atoms with Crippen LogP contribution in [0.15, 0.2) is 48.5 Å². The molecule has 0 radical (unpaired) electrons. The average Bonchev–Trinajstić information content (AvgIpc) is 2.40. The summed E-state index contributed by atoms with van der Waals surface area (Å²) in [5.41, 5.74) is 3.70. The maximum Gasteiger partial charge on any atom is 0.127 e. The highest BCUT2D eigenvalue weighted by atomic mass is 16.5. The van der Waals surface area contributed by atoms with Gasteiger partial charge in [-0.2, -0.15) is 0 Å². The lowest BCUT2D eigenvalue weighted by Crippen LogP contribution is -2.10. The zero-order valence-electron chi connectivity index (χ0n) is 11.3. The van der Waals surface area contributed by atoms with Crippen molar-refractivity contribution in [1.29, 1.82) is 0 Å². The second-order valence-corrected chi connectivity index (χ2v) is 4.65. The van der Waals surface area contributed by atoms with E-state index in [2.05, 4.69) is 57.2 Å². The van der Waals surface area contributed by atoms with Crippen molar-refractivity contribution < 1.29 is 4.74 Å². The molecule has 0 aromatic heterocycles. The summed E-state index contributed by atoms with van der Waals surface area (Å²) in [6.45, 7) is 6.38. The Bertz CT molecular complexity index is 517. The van der Waals surface area contributed by atoms with Crippen LogP contribution in [0.5, 0.6) is 5.75 Å². The predicted molar refractivity (Wildman–Crippen MR) is 77.0 cm³/mol. The molecule has 0 N–H and O–H groups in total. The lowest BCUT2D eigenvalue weighted by atomic mass is 10.00. The number of benzene rings is 2. The van der Waals surface area contributed by atoms with Crippen molar-refractivity contribution in [2.24, 2.45) is 0 Å². The van der Waals surface area contributed by atoms with Crippen LogP contribution in [-0.4, -0.2) is 6.10 Å². The molecule has 2 aromatic rings. The van der Waals surface area contributed by atoms with Crippen LogP contribution in [0.3, 0.4) is 0 Å². The summed E-state index contributed by atoms with van der Waals surface area (Å²) in [7, 11) is 0. The van der Waals surface area contributed by atoms with Gasteiger partial charge in [0.25, 0.3) is 0 Å². The Hall–Kier alpha value is -1.76. The number of ether oxygens (including phenoxy) is 1. The maximum atomic E-state index is 6.00. The molecule has 1 unspecified atom stereocenters. The van der Waals surface area contributed by atoms with Gasteiger partial charge in [0.2, 0.25) is 0 Å². The summed E-state index contributed by atoms with van der Waals surface area (Å²) < 4.78 is 6.00. The molecule has 0 amide bonds. The topological polar surface area (TPSA) is 9.23 Å². The summed E-state index contributed by atoms with van der Waals surface area (Å²) in [4.78, 5) is 0. The van der Waals surface area contributed by atoms with Gasteiger partial charge in [-0.05, 0) is 37.5 Å². The van der Waals surface area contributed by atoms with E-state index < -0.39 is 0 Å². The van der Waals surface area contributed by atoms with Gasteiger partial charge in [-0.1, -0.05) is 49.4 Å². The van der Waals surface area contributed by atoms with E-state index in [1.54, 1.807) is 0 Å². The van der Waals surface area contributed by atoms with Crippen LogP contribution in [0, 0.1) is 6.92 Å². The predicted octanol–water partition coefficient (Wildman–Crippen LogP) is 4.84. The Morgan fingerprint density at radius 1 is 0.944 bits per heavy atom. The Kier molecular flexibility index (Phi) is 4.03. The number of rotatable bonds is 4. The van der Waals surface area contributed by atoms with Crippen molar-refractivity contribution in [3.63, 3.8) is 0 Å². The summed E-state index contributed by atoms with van der Waals surface area (Å²) in [6.07, 6.45) is 1.26. The Morgan fingerprint density at radius 3 is 2.22 bits per heavy atom. The zero-order chi connectivity index (χ0) is 13.0. The first-order valence-electron chi connectivity index (χ1n) is 6.54. The van der Waals surface area contributed by atoms with Gasteiger partial charge in [-0.25, -0.2) is 0 Å². The molecular formula is C17H20O. The zero-order valence-corrected chi connectivity index (χ0v) is 11.3. The molecule has 18 heavy (non-hydrogen) atoms. The summed E-state index contributed by atoms with van der Waals surface area (Å²) in [6, 6.07) is 16.7. The van der Waals surface area contributed by atoms with Gasteiger partial charge in [0.1, 0.15) is 5.75 Å². The molecule has 0 aliphatic carbocycles. The van der Waals surface area contributed by atoms with Crippen molar-refractivity contribution >= 4 is 0 Å². The third kappa shape index (κ3) is 2.73. The fourth-order valence-electron chi connectivity index (χ4n) is 1.97. The van der Waals surface area contributed by atoms with Crippen LogP contribution in [0.1, 0.15) is 25.8 Å². The molecule has 0 fully saturated rings. The fourth-order valence-corrected chi connectivity index (χ4v) is 1.97. The summed E-state index contributed by atoms with van der Waals surface area (Å²) in [5.74, 6) is 0.973. The molecule has 0 aliphatic heterocycles. The largest absolute Gasteiger partial charge is 0.490 e. The minimum atomic E-state index is 0.246. The number of hydrogen-bond donors (Lipinski definition) is 0.